The van der Waals surface area contributed by atoms with E-state index in [1.807, 2.05) is 13.0 Å². The van der Waals surface area contributed by atoms with E-state index in [-0.39, 0.29) is 11.6 Å². The van der Waals surface area contributed by atoms with E-state index in [1.165, 1.54) is 11.3 Å². The second-order valence-corrected chi connectivity index (χ2v) is 6.31. The minimum Gasteiger partial charge on any atom is -0.478 e. The molecule has 1 aromatic heterocycles. The van der Waals surface area contributed by atoms with Crippen LogP contribution in [0.4, 0.5) is 5.69 Å². The van der Waals surface area contributed by atoms with Gasteiger partial charge in [-0.25, -0.2) is 4.79 Å². The van der Waals surface area contributed by atoms with Crippen LogP contribution in [0.25, 0.3) is 0 Å². The first-order valence-corrected chi connectivity index (χ1v) is 7.09. The summed E-state index contributed by atoms with van der Waals surface area (Å²) in [5.74, 6) is -0.938. The highest BCUT2D eigenvalue weighted by molar-refractivity contribution is 7.20. The van der Waals surface area contributed by atoms with Gasteiger partial charge in [-0.2, -0.15) is 0 Å². The van der Waals surface area contributed by atoms with Gasteiger partial charge in [0.25, 0.3) is 0 Å². The number of halogens is 2. The van der Waals surface area contributed by atoms with E-state index in [0.29, 0.717) is 8.67 Å². The third-order valence-electron chi connectivity index (χ3n) is 2.66. The van der Waals surface area contributed by atoms with Crippen LogP contribution < -0.4 is 5.32 Å². The largest absolute Gasteiger partial charge is 0.478 e. The number of anilines is 1. The number of thiophene rings is 1. The molecule has 1 heterocycles. The van der Waals surface area contributed by atoms with Crippen molar-refractivity contribution in [2.75, 3.05) is 5.32 Å². The molecule has 0 saturated heterocycles. The molecule has 0 saturated carbocycles. The predicted octanol–water partition coefficient (Wildman–Crippen LogP) is 4.93. The highest BCUT2D eigenvalue weighted by Gasteiger charge is 2.13. The van der Waals surface area contributed by atoms with E-state index < -0.39 is 5.97 Å². The van der Waals surface area contributed by atoms with Crippen molar-refractivity contribution in [1.82, 2.24) is 0 Å². The highest BCUT2D eigenvalue weighted by atomic mass is 35.5. The number of carbonyl (C=O) groups is 1. The van der Waals surface area contributed by atoms with E-state index in [1.54, 1.807) is 24.3 Å². The van der Waals surface area contributed by atoms with Gasteiger partial charge in [0.1, 0.15) is 0 Å². The number of hydrogen-bond donors (Lipinski definition) is 2. The van der Waals surface area contributed by atoms with Crippen molar-refractivity contribution < 1.29 is 9.90 Å². The van der Waals surface area contributed by atoms with Gasteiger partial charge in [-0.3, -0.25) is 0 Å². The van der Waals surface area contributed by atoms with Crippen LogP contribution in [0.2, 0.25) is 8.67 Å². The lowest BCUT2D eigenvalue weighted by atomic mass is 10.1. The Morgan fingerprint density at radius 2 is 1.95 bits per heavy atom. The third kappa shape index (κ3) is 3.41. The van der Waals surface area contributed by atoms with Gasteiger partial charge in [-0.15, -0.1) is 11.3 Å². The van der Waals surface area contributed by atoms with Crippen molar-refractivity contribution in [2.24, 2.45) is 0 Å². The Kier molecular flexibility index (Phi) is 4.34. The number of rotatable bonds is 4. The zero-order valence-corrected chi connectivity index (χ0v) is 12.3. The molecule has 100 valence electrons. The smallest absolute Gasteiger partial charge is 0.335 e. The lowest BCUT2D eigenvalue weighted by Crippen LogP contribution is -2.06. The third-order valence-corrected chi connectivity index (χ3v) is 4.18. The van der Waals surface area contributed by atoms with Crippen LogP contribution in [0.1, 0.15) is 28.9 Å². The maximum atomic E-state index is 10.8. The molecule has 1 aromatic carbocycles. The predicted molar refractivity (Wildman–Crippen MR) is 79.8 cm³/mol. The molecule has 1 unspecified atom stereocenters. The zero-order chi connectivity index (χ0) is 14.0. The number of hydrogen-bond acceptors (Lipinski definition) is 3. The Morgan fingerprint density at radius 1 is 1.32 bits per heavy atom. The van der Waals surface area contributed by atoms with E-state index in [2.05, 4.69) is 5.32 Å². The Labute approximate surface area is 124 Å². The fourth-order valence-electron chi connectivity index (χ4n) is 1.68. The molecule has 2 aromatic rings. The summed E-state index contributed by atoms with van der Waals surface area (Å²) in [7, 11) is 0. The van der Waals surface area contributed by atoms with Gasteiger partial charge >= 0.3 is 5.97 Å². The molecule has 1 atom stereocenters. The van der Waals surface area contributed by atoms with Crippen molar-refractivity contribution in [1.29, 1.82) is 0 Å². The Bertz CT molecular complexity index is 595. The summed E-state index contributed by atoms with van der Waals surface area (Å²) in [6.07, 6.45) is 0. The van der Waals surface area contributed by atoms with Crippen molar-refractivity contribution in [3.8, 4) is 0 Å². The average Bonchev–Trinajstić information content (AvgIpc) is 2.69. The van der Waals surface area contributed by atoms with Gasteiger partial charge < -0.3 is 10.4 Å². The summed E-state index contributed by atoms with van der Waals surface area (Å²) in [4.78, 5) is 10.8. The number of nitrogens with one attached hydrogen (secondary N) is 1. The summed E-state index contributed by atoms with van der Waals surface area (Å²) >= 11 is 13.3. The van der Waals surface area contributed by atoms with Crippen LogP contribution in [0.5, 0.6) is 0 Å². The molecule has 0 aliphatic heterocycles. The lowest BCUT2D eigenvalue weighted by molar-refractivity contribution is 0.0697. The van der Waals surface area contributed by atoms with Crippen molar-refractivity contribution in [3.05, 3.63) is 50.1 Å². The zero-order valence-electron chi connectivity index (χ0n) is 9.98. The molecule has 19 heavy (non-hydrogen) atoms. The quantitative estimate of drug-likeness (QED) is 0.841. The maximum Gasteiger partial charge on any atom is 0.335 e. The van der Waals surface area contributed by atoms with E-state index in [0.717, 1.165) is 11.3 Å². The number of aromatic carboxylic acids is 1. The van der Waals surface area contributed by atoms with Crippen LogP contribution in [0, 0.1) is 0 Å². The van der Waals surface area contributed by atoms with Crippen molar-refractivity contribution in [3.63, 3.8) is 0 Å². The minimum absolute atomic E-state index is 0.00747. The summed E-state index contributed by atoms with van der Waals surface area (Å²) < 4.78 is 1.31. The summed E-state index contributed by atoms with van der Waals surface area (Å²) in [5.41, 5.74) is 2.02. The Hall–Kier alpha value is -1.23. The molecule has 0 amide bonds. The number of benzene rings is 1. The van der Waals surface area contributed by atoms with Crippen LogP contribution in [0.3, 0.4) is 0 Å². The maximum absolute atomic E-state index is 10.8. The first-order valence-electron chi connectivity index (χ1n) is 5.52. The summed E-state index contributed by atoms with van der Waals surface area (Å²) in [6, 6.07) is 8.38. The SMILES string of the molecule is CC(Nc1ccc(C(=O)O)cc1)c1cc(Cl)sc1Cl. The van der Waals surface area contributed by atoms with Crippen LogP contribution in [-0.4, -0.2) is 11.1 Å². The standard InChI is InChI=1S/C13H11Cl2NO2S/c1-7(10-6-11(14)19-12(10)15)16-9-4-2-8(3-5-9)13(17)18/h2-7,16H,1H3,(H,17,18). The second-order valence-electron chi connectivity index (χ2n) is 4.03. The van der Waals surface area contributed by atoms with Gasteiger partial charge in [0.15, 0.2) is 0 Å². The van der Waals surface area contributed by atoms with E-state index >= 15 is 0 Å². The average molecular weight is 316 g/mol. The fraction of sp³-hybridized carbons (Fsp3) is 0.154. The first-order chi connectivity index (χ1) is 8.97. The lowest BCUT2D eigenvalue weighted by Gasteiger charge is -2.14. The monoisotopic (exact) mass is 315 g/mol. The Morgan fingerprint density at radius 3 is 2.42 bits per heavy atom. The van der Waals surface area contributed by atoms with E-state index in [4.69, 9.17) is 28.3 Å². The van der Waals surface area contributed by atoms with Crippen LogP contribution >= 0.6 is 34.5 Å². The van der Waals surface area contributed by atoms with Gasteiger partial charge in [-0.1, -0.05) is 23.2 Å². The normalized spacial score (nSPS) is 12.2. The number of carboxylic acids is 1. The molecule has 0 bridgehead atoms. The molecule has 0 aliphatic carbocycles. The van der Waals surface area contributed by atoms with Gasteiger partial charge in [0.05, 0.1) is 20.3 Å². The molecule has 6 heteroatoms. The molecular formula is C13H11Cl2NO2S. The van der Waals surface area contributed by atoms with Crippen LogP contribution in [0.15, 0.2) is 30.3 Å². The van der Waals surface area contributed by atoms with Crippen LogP contribution in [-0.2, 0) is 0 Å². The molecule has 0 aliphatic rings. The highest BCUT2D eigenvalue weighted by Crippen LogP contribution is 2.36. The van der Waals surface area contributed by atoms with Crippen molar-refractivity contribution in [2.45, 2.75) is 13.0 Å². The molecule has 2 N–H and O–H groups in total. The molecular weight excluding hydrogens is 305 g/mol. The van der Waals surface area contributed by atoms with Crippen molar-refractivity contribution >= 4 is 46.2 Å². The minimum atomic E-state index is -0.938. The number of carboxylic acid groups (broad SMARTS) is 1. The first kappa shape index (κ1) is 14.2. The second kappa shape index (κ2) is 5.82. The van der Waals surface area contributed by atoms with E-state index in [9.17, 15) is 4.79 Å². The molecule has 0 spiro atoms. The molecule has 3 nitrogen and oxygen atoms in total. The fourth-order valence-corrected chi connectivity index (χ4v) is 3.33. The van der Waals surface area contributed by atoms with Gasteiger partial charge in [-0.05, 0) is 37.3 Å². The molecule has 2 rings (SSSR count). The molecule has 0 radical (unpaired) electrons. The molecule has 0 fully saturated rings. The summed E-state index contributed by atoms with van der Waals surface area (Å²) in [6.45, 7) is 1.97. The van der Waals surface area contributed by atoms with Gasteiger partial charge in [0, 0.05) is 11.3 Å². The Balaban J connectivity index is 2.12. The van der Waals surface area contributed by atoms with Gasteiger partial charge in [0.2, 0.25) is 0 Å². The topological polar surface area (TPSA) is 49.3 Å². The summed E-state index contributed by atoms with van der Waals surface area (Å²) in [5, 5.41) is 12.1.